The Morgan fingerprint density at radius 3 is 2.75 bits per heavy atom. The number of methoxy groups -OCH3 is 1. The van der Waals surface area contributed by atoms with Crippen LogP contribution in [0.25, 0.3) is 11.1 Å². The molecule has 0 bridgehead atoms. The van der Waals surface area contributed by atoms with E-state index in [1.165, 1.54) is 25.6 Å². The molecule has 0 radical (unpaired) electrons. The average molecular weight is 222 g/mol. The quantitative estimate of drug-likeness (QED) is 0.732. The van der Waals surface area contributed by atoms with E-state index >= 15 is 0 Å². The summed E-state index contributed by atoms with van der Waals surface area (Å²) in [5, 5.41) is 0. The van der Waals surface area contributed by atoms with Crippen LogP contribution in [0.3, 0.4) is 0 Å². The summed E-state index contributed by atoms with van der Waals surface area (Å²) in [7, 11) is 1.46. The first kappa shape index (κ1) is 10.5. The smallest absolute Gasteiger partial charge is 0.223 e. The van der Waals surface area contributed by atoms with Gasteiger partial charge < -0.3 is 4.74 Å². The number of ether oxygens (including phenoxy) is 1. The van der Waals surface area contributed by atoms with Crippen molar-refractivity contribution < 1.29 is 13.5 Å². The predicted octanol–water partition coefficient (Wildman–Crippen LogP) is 2.43. The molecule has 2 heterocycles. The van der Waals surface area contributed by atoms with Gasteiger partial charge >= 0.3 is 0 Å². The first-order chi connectivity index (χ1) is 7.72. The van der Waals surface area contributed by atoms with E-state index in [2.05, 4.69) is 9.97 Å². The molecule has 0 aliphatic carbocycles. The summed E-state index contributed by atoms with van der Waals surface area (Å²) < 4.78 is 31.7. The highest BCUT2D eigenvalue weighted by Crippen LogP contribution is 2.26. The fourth-order valence-electron chi connectivity index (χ4n) is 1.34. The Morgan fingerprint density at radius 2 is 2.06 bits per heavy atom. The maximum Gasteiger partial charge on any atom is 0.223 e. The lowest BCUT2D eigenvalue weighted by atomic mass is 10.1. The minimum Gasteiger partial charge on any atom is -0.495 e. The molecule has 0 saturated heterocycles. The van der Waals surface area contributed by atoms with Crippen molar-refractivity contribution in [1.82, 2.24) is 9.97 Å². The maximum absolute atomic E-state index is 13.4. The summed E-state index contributed by atoms with van der Waals surface area (Å²) >= 11 is 0. The van der Waals surface area contributed by atoms with Gasteiger partial charge in [-0.15, -0.1) is 0 Å². The summed E-state index contributed by atoms with van der Waals surface area (Å²) in [5.74, 6) is -1.11. The van der Waals surface area contributed by atoms with Crippen LogP contribution in [0.2, 0.25) is 0 Å². The van der Waals surface area contributed by atoms with Crippen LogP contribution in [-0.2, 0) is 0 Å². The van der Waals surface area contributed by atoms with Crippen LogP contribution in [0.15, 0.2) is 30.7 Å². The fraction of sp³-hybridized carbons (Fsp3) is 0.0909. The molecule has 2 rings (SSSR count). The van der Waals surface area contributed by atoms with Gasteiger partial charge in [-0.25, -0.2) is 9.37 Å². The molecule has 0 N–H and O–H groups in total. The molecule has 2 aromatic heterocycles. The van der Waals surface area contributed by atoms with Crippen molar-refractivity contribution in [2.24, 2.45) is 0 Å². The highest BCUT2D eigenvalue weighted by Gasteiger charge is 2.12. The van der Waals surface area contributed by atoms with Gasteiger partial charge in [-0.3, -0.25) is 4.98 Å². The lowest BCUT2D eigenvalue weighted by molar-refractivity contribution is 0.413. The lowest BCUT2D eigenvalue weighted by Crippen LogP contribution is -1.94. The van der Waals surface area contributed by atoms with Gasteiger partial charge in [-0.2, -0.15) is 4.39 Å². The van der Waals surface area contributed by atoms with E-state index in [4.69, 9.17) is 4.74 Å². The third-order valence-electron chi connectivity index (χ3n) is 2.09. The SMILES string of the molecule is COc1cncc(-c2c(F)ccnc2F)c1. The van der Waals surface area contributed by atoms with Crippen molar-refractivity contribution in [3.8, 4) is 16.9 Å². The Kier molecular flexibility index (Phi) is 2.76. The molecule has 0 aliphatic heterocycles. The summed E-state index contributed by atoms with van der Waals surface area (Å²) in [4.78, 5) is 7.22. The molecule has 0 fully saturated rings. The highest BCUT2D eigenvalue weighted by molar-refractivity contribution is 5.64. The summed E-state index contributed by atoms with van der Waals surface area (Å²) in [5.41, 5.74) is 0.0938. The van der Waals surface area contributed by atoms with Crippen LogP contribution in [-0.4, -0.2) is 17.1 Å². The van der Waals surface area contributed by atoms with Gasteiger partial charge in [-0.05, 0) is 12.1 Å². The normalized spacial score (nSPS) is 10.2. The van der Waals surface area contributed by atoms with Gasteiger partial charge in [0, 0.05) is 18.0 Å². The summed E-state index contributed by atoms with van der Waals surface area (Å²) in [6.45, 7) is 0. The Bertz CT molecular complexity index is 497. The van der Waals surface area contributed by atoms with E-state index in [0.29, 0.717) is 11.3 Å². The molecule has 0 aromatic carbocycles. The zero-order chi connectivity index (χ0) is 11.5. The Balaban J connectivity index is 2.58. The van der Waals surface area contributed by atoms with Gasteiger partial charge in [-0.1, -0.05) is 0 Å². The predicted molar refractivity (Wildman–Crippen MR) is 53.9 cm³/mol. The van der Waals surface area contributed by atoms with Crippen LogP contribution in [0.4, 0.5) is 8.78 Å². The molecule has 5 heteroatoms. The molecule has 3 nitrogen and oxygen atoms in total. The second kappa shape index (κ2) is 4.22. The van der Waals surface area contributed by atoms with Crippen molar-refractivity contribution in [1.29, 1.82) is 0 Å². The van der Waals surface area contributed by atoms with Crippen molar-refractivity contribution in [3.05, 3.63) is 42.5 Å². The Morgan fingerprint density at radius 1 is 1.25 bits per heavy atom. The molecule has 0 unspecified atom stereocenters. The second-order valence-corrected chi connectivity index (χ2v) is 3.07. The summed E-state index contributed by atoms with van der Waals surface area (Å²) in [6, 6.07) is 2.59. The molecular formula is C11H8F2N2O. The number of hydrogen-bond donors (Lipinski definition) is 0. The third-order valence-corrected chi connectivity index (χ3v) is 2.09. The lowest BCUT2D eigenvalue weighted by Gasteiger charge is -2.05. The first-order valence-corrected chi connectivity index (χ1v) is 4.52. The monoisotopic (exact) mass is 222 g/mol. The van der Waals surface area contributed by atoms with E-state index in [0.717, 1.165) is 12.3 Å². The van der Waals surface area contributed by atoms with Gasteiger partial charge in [0.15, 0.2) is 0 Å². The zero-order valence-electron chi connectivity index (χ0n) is 8.45. The molecule has 82 valence electrons. The minimum absolute atomic E-state index is 0.200. The number of pyridine rings is 2. The zero-order valence-corrected chi connectivity index (χ0v) is 8.45. The van der Waals surface area contributed by atoms with E-state index in [-0.39, 0.29) is 5.56 Å². The van der Waals surface area contributed by atoms with Crippen LogP contribution < -0.4 is 4.74 Å². The molecular weight excluding hydrogens is 214 g/mol. The van der Waals surface area contributed by atoms with E-state index in [1.54, 1.807) is 0 Å². The topological polar surface area (TPSA) is 35.0 Å². The van der Waals surface area contributed by atoms with Gasteiger partial charge in [0.05, 0.1) is 18.9 Å². The number of aromatic nitrogens is 2. The molecule has 16 heavy (non-hydrogen) atoms. The first-order valence-electron chi connectivity index (χ1n) is 4.52. The molecule has 0 aliphatic rings. The number of nitrogens with zero attached hydrogens (tertiary/aromatic N) is 2. The molecule has 0 saturated carbocycles. The van der Waals surface area contributed by atoms with Crippen molar-refractivity contribution in [2.45, 2.75) is 0 Å². The Hall–Kier alpha value is -2.04. The van der Waals surface area contributed by atoms with Gasteiger partial charge in [0.1, 0.15) is 11.6 Å². The number of hydrogen-bond acceptors (Lipinski definition) is 3. The van der Waals surface area contributed by atoms with Crippen LogP contribution >= 0.6 is 0 Å². The fourth-order valence-corrected chi connectivity index (χ4v) is 1.34. The van der Waals surface area contributed by atoms with Gasteiger partial charge in [0.2, 0.25) is 5.95 Å². The molecule has 0 atom stereocenters. The third kappa shape index (κ3) is 1.84. The number of halogens is 2. The molecule has 2 aromatic rings. The van der Waals surface area contributed by atoms with Crippen molar-refractivity contribution in [3.63, 3.8) is 0 Å². The van der Waals surface area contributed by atoms with Crippen LogP contribution in [0, 0.1) is 11.8 Å². The van der Waals surface area contributed by atoms with Crippen molar-refractivity contribution >= 4 is 0 Å². The highest BCUT2D eigenvalue weighted by atomic mass is 19.1. The largest absolute Gasteiger partial charge is 0.495 e. The van der Waals surface area contributed by atoms with E-state index < -0.39 is 11.8 Å². The van der Waals surface area contributed by atoms with Gasteiger partial charge in [0.25, 0.3) is 0 Å². The van der Waals surface area contributed by atoms with Crippen molar-refractivity contribution in [2.75, 3.05) is 7.11 Å². The van der Waals surface area contributed by atoms with E-state index in [1.807, 2.05) is 0 Å². The maximum atomic E-state index is 13.4. The average Bonchev–Trinajstić information content (AvgIpc) is 2.29. The number of rotatable bonds is 2. The molecule has 0 amide bonds. The standard InChI is InChI=1S/C11H8F2N2O/c1-16-8-4-7(5-14-6-8)10-9(12)2-3-15-11(10)13/h2-6H,1H3. The minimum atomic E-state index is -0.866. The van der Waals surface area contributed by atoms with Crippen LogP contribution in [0.5, 0.6) is 5.75 Å². The van der Waals surface area contributed by atoms with Crippen LogP contribution in [0.1, 0.15) is 0 Å². The summed E-state index contributed by atoms with van der Waals surface area (Å²) in [6.07, 6.45) is 3.88. The Labute approximate surface area is 90.7 Å². The molecule has 0 spiro atoms. The van der Waals surface area contributed by atoms with E-state index in [9.17, 15) is 8.78 Å². The second-order valence-electron chi connectivity index (χ2n) is 3.07.